The fourth-order valence-electron chi connectivity index (χ4n) is 2.71. The number of nitrogens with zero attached hydrogens (tertiary/aromatic N) is 1. The highest BCUT2D eigenvalue weighted by Crippen LogP contribution is 2.31. The van der Waals surface area contributed by atoms with Gasteiger partial charge in [-0.15, -0.1) is 0 Å². The Bertz CT molecular complexity index is 908. The van der Waals surface area contributed by atoms with E-state index in [9.17, 15) is 18.5 Å². The molecule has 0 aliphatic carbocycles. The second kappa shape index (κ2) is 6.24. The lowest BCUT2D eigenvalue weighted by Gasteiger charge is -2.17. The van der Waals surface area contributed by atoms with Crippen LogP contribution in [0.5, 0.6) is 0 Å². The van der Waals surface area contributed by atoms with E-state index in [0.717, 1.165) is 11.1 Å². The Kier molecular flexibility index (Phi) is 4.66. The lowest BCUT2D eigenvalue weighted by Crippen LogP contribution is -2.17. The average Bonchev–Trinajstić information content (AvgIpc) is 2.47. The minimum Gasteiger partial charge on any atom is -0.279 e. The van der Waals surface area contributed by atoms with E-state index in [0.29, 0.717) is 11.1 Å². The Morgan fingerprint density at radius 3 is 2.00 bits per heavy atom. The number of nitro groups is 1. The van der Waals surface area contributed by atoms with Crippen molar-refractivity contribution in [3.05, 3.63) is 62.2 Å². The minimum absolute atomic E-state index is 0.121. The molecule has 0 radical (unpaired) electrons. The molecule has 0 heterocycles. The van der Waals surface area contributed by atoms with Crippen LogP contribution < -0.4 is 4.72 Å². The molecular formula is C17H20N2O4S. The van der Waals surface area contributed by atoms with Crippen molar-refractivity contribution < 1.29 is 13.3 Å². The molecule has 0 saturated heterocycles. The maximum Gasteiger partial charge on any atom is 0.274 e. The fourth-order valence-corrected chi connectivity index (χ4v) is 4.45. The third-order valence-corrected chi connectivity index (χ3v) is 5.95. The number of hydrogen-bond acceptors (Lipinski definition) is 4. The third-order valence-electron chi connectivity index (χ3n) is 4.31. The molecular weight excluding hydrogens is 328 g/mol. The van der Waals surface area contributed by atoms with Crippen LogP contribution in [0.4, 0.5) is 11.4 Å². The number of rotatable bonds is 4. The molecule has 0 aliphatic rings. The number of hydrogen-bond donors (Lipinski definition) is 1. The summed E-state index contributed by atoms with van der Waals surface area (Å²) in [6.45, 7) is 8.77. The van der Waals surface area contributed by atoms with Gasteiger partial charge in [0.15, 0.2) is 0 Å². The molecule has 0 saturated carbocycles. The number of benzene rings is 2. The van der Waals surface area contributed by atoms with Gasteiger partial charge >= 0.3 is 0 Å². The Morgan fingerprint density at radius 2 is 1.50 bits per heavy atom. The molecule has 0 aliphatic heterocycles. The topological polar surface area (TPSA) is 89.3 Å². The summed E-state index contributed by atoms with van der Waals surface area (Å²) in [4.78, 5) is 10.7. The fraction of sp³-hybridized carbons (Fsp3) is 0.294. The van der Waals surface area contributed by atoms with Gasteiger partial charge in [-0.2, -0.15) is 0 Å². The van der Waals surface area contributed by atoms with Gasteiger partial charge in [-0.3, -0.25) is 14.8 Å². The van der Waals surface area contributed by atoms with Crippen molar-refractivity contribution >= 4 is 21.4 Å². The molecule has 6 nitrogen and oxygen atoms in total. The van der Waals surface area contributed by atoms with Crippen molar-refractivity contribution in [2.24, 2.45) is 0 Å². The molecule has 2 aromatic carbocycles. The molecule has 0 fully saturated rings. The van der Waals surface area contributed by atoms with Crippen LogP contribution >= 0.6 is 0 Å². The summed E-state index contributed by atoms with van der Waals surface area (Å²) in [6, 6.07) is 6.28. The molecule has 7 heteroatoms. The number of nitro benzene ring substituents is 1. The normalized spacial score (nSPS) is 11.4. The van der Waals surface area contributed by atoms with E-state index in [4.69, 9.17) is 0 Å². The summed E-state index contributed by atoms with van der Waals surface area (Å²) >= 11 is 0. The molecule has 24 heavy (non-hydrogen) atoms. The average molecular weight is 348 g/mol. The van der Waals surface area contributed by atoms with Crippen LogP contribution in [0, 0.1) is 44.7 Å². The van der Waals surface area contributed by atoms with Gasteiger partial charge in [0.25, 0.3) is 15.7 Å². The zero-order valence-corrected chi connectivity index (χ0v) is 15.1. The van der Waals surface area contributed by atoms with E-state index in [1.807, 2.05) is 19.9 Å². The number of anilines is 1. The van der Waals surface area contributed by atoms with E-state index in [2.05, 4.69) is 4.72 Å². The Hall–Kier alpha value is -2.41. The first-order valence-corrected chi connectivity index (χ1v) is 8.88. The van der Waals surface area contributed by atoms with Crippen molar-refractivity contribution in [2.45, 2.75) is 39.5 Å². The monoisotopic (exact) mass is 348 g/mol. The van der Waals surface area contributed by atoms with Crippen molar-refractivity contribution in [1.82, 2.24) is 0 Å². The molecule has 2 rings (SSSR count). The maximum atomic E-state index is 12.9. The SMILES string of the molecule is Cc1cc(C)c(C)c(S(=O)(=O)Nc2cccc([N+](=O)[O-])c2C)c1C. The lowest BCUT2D eigenvalue weighted by atomic mass is 10.0. The molecule has 1 N–H and O–H groups in total. The van der Waals surface area contributed by atoms with E-state index in [-0.39, 0.29) is 21.8 Å². The van der Waals surface area contributed by atoms with E-state index < -0.39 is 14.9 Å². The van der Waals surface area contributed by atoms with Gasteiger partial charge in [0, 0.05) is 6.07 Å². The van der Waals surface area contributed by atoms with Crippen molar-refractivity contribution in [2.75, 3.05) is 4.72 Å². The highest BCUT2D eigenvalue weighted by Gasteiger charge is 2.24. The molecule has 0 amide bonds. The van der Waals surface area contributed by atoms with Gasteiger partial charge in [0.05, 0.1) is 21.1 Å². The lowest BCUT2D eigenvalue weighted by molar-refractivity contribution is -0.385. The second-order valence-electron chi connectivity index (χ2n) is 5.90. The van der Waals surface area contributed by atoms with Crippen molar-refractivity contribution in [1.29, 1.82) is 0 Å². The van der Waals surface area contributed by atoms with Crippen LogP contribution in [0.1, 0.15) is 27.8 Å². The van der Waals surface area contributed by atoms with E-state index in [1.54, 1.807) is 13.8 Å². The van der Waals surface area contributed by atoms with Crippen LogP contribution in [-0.2, 0) is 10.0 Å². The molecule has 2 aromatic rings. The molecule has 0 bridgehead atoms. The second-order valence-corrected chi connectivity index (χ2v) is 7.52. The largest absolute Gasteiger partial charge is 0.279 e. The molecule has 0 unspecified atom stereocenters. The quantitative estimate of drug-likeness (QED) is 0.669. The third kappa shape index (κ3) is 3.12. The minimum atomic E-state index is -3.86. The predicted molar refractivity (Wildman–Crippen MR) is 94.0 cm³/mol. The van der Waals surface area contributed by atoms with Gasteiger partial charge < -0.3 is 0 Å². The van der Waals surface area contributed by atoms with E-state index in [1.165, 1.54) is 25.1 Å². The van der Waals surface area contributed by atoms with Crippen molar-refractivity contribution in [3.8, 4) is 0 Å². The molecule has 0 atom stereocenters. The predicted octanol–water partition coefficient (Wildman–Crippen LogP) is 3.94. The van der Waals surface area contributed by atoms with Crippen LogP contribution in [0.2, 0.25) is 0 Å². The van der Waals surface area contributed by atoms with Crippen LogP contribution in [-0.4, -0.2) is 13.3 Å². The standard InChI is InChI=1S/C17H20N2O4S/c1-10-9-11(2)13(4)17(12(10)3)24(22,23)18-15-7-6-8-16(14(15)5)19(20)21/h6-9,18H,1-5H3. The van der Waals surface area contributed by atoms with Crippen LogP contribution in [0.15, 0.2) is 29.2 Å². The summed E-state index contributed by atoms with van der Waals surface area (Å²) in [5.74, 6) is 0. The number of sulfonamides is 1. The highest BCUT2D eigenvalue weighted by molar-refractivity contribution is 7.92. The van der Waals surface area contributed by atoms with Crippen LogP contribution in [0.3, 0.4) is 0 Å². The first-order valence-electron chi connectivity index (χ1n) is 7.40. The summed E-state index contributed by atoms with van der Waals surface area (Å²) in [6.07, 6.45) is 0. The zero-order chi connectivity index (χ0) is 18.2. The van der Waals surface area contributed by atoms with Gasteiger partial charge in [-0.05, 0) is 62.9 Å². The molecule has 0 aromatic heterocycles. The Labute approximate surface area is 141 Å². The summed E-state index contributed by atoms with van der Waals surface area (Å²) in [5.41, 5.74) is 3.49. The highest BCUT2D eigenvalue weighted by atomic mass is 32.2. The summed E-state index contributed by atoms with van der Waals surface area (Å²) < 4.78 is 28.3. The first-order chi connectivity index (χ1) is 11.1. The number of nitrogens with one attached hydrogen (secondary N) is 1. The maximum absolute atomic E-state index is 12.9. The molecule has 128 valence electrons. The Morgan fingerprint density at radius 1 is 0.958 bits per heavy atom. The Balaban J connectivity index is 2.60. The molecule has 0 spiro atoms. The number of aryl methyl sites for hydroxylation is 2. The van der Waals surface area contributed by atoms with E-state index >= 15 is 0 Å². The van der Waals surface area contributed by atoms with Gasteiger partial charge in [0.2, 0.25) is 0 Å². The first kappa shape index (κ1) is 17.9. The van der Waals surface area contributed by atoms with Gasteiger partial charge in [0.1, 0.15) is 0 Å². The van der Waals surface area contributed by atoms with Crippen LogP contribution in [0.25, 0.3) is 0 Å². The van der Waals surface area contributed by atoms with Gasteiger partial charge in [-0.25, -0.2) is 8.42 Å². The summed E-state index contributed by atoms with van der Waals surface area (Å²) in [7, 11) is -3.86. The van der Waals surface area contributed by atoms with Crippen molar-refractivity contribution in [3.63, 3.8) is 0 Å². The summed E-state index contributed by atoms with van der Waals surface area (Å²) in [5, 5.41) is 11.0. The van der Waals surface area contributed by atoms with Gasteiger partial charge in [-0.1, -0.05) is 12.1 Å². The smallest absolute Gasteiger partial charge is 0.274 e. The zero-order valence-electron chi connectivity index (χ0n) is 14.3.